The molecule has 1 saturated heterocycles. The Balaban J connectivity index is 1.70. The molecule has 7 nitrogen and oxygen atoms in total. The van der Waals surface area contributed by atoms with Crippen LogP contribution in [0.2, 0.25) is 0 Å². The second kappa shape index (κ2) is 6.07. The molecule has 0 aromatic carbocycles. The predicted molar refractivity (Wildman–Crippen MR) is 93.0 cm³/mol. The Morgan fingerprint density at radius 1 is 1.32 bits per heavy atom. The van der Waals surface area contributed by atoms with E-state index in [1.807, 2.05) is 17.0 Å². The number of amides is 1. The van der Waals surface area contributed by atoms with Gasteiger partial charge in [0.1, 0.15) is 5.82 Å². The van der Waals surface area contributed by atoms with Crippen LogP contribution in [0.15, 0.2) is 29.3 Å². The van der Waals surface area contributed by atoms with Crippen molar-refractivity contribution in [2.24, 2.45) is 5.73 Å². The molecule has 0 bridgehead atoms. The molecule has 4 rings (SSSR count). The van der Waals surface area contributed by atoms with E-state index in [0.717, 1.165) is 42.5 Å². The molecule has 3 N–H and O–H groups in total. The summed E-state index contributed by atoms with van der Waals surface area (Å²) in [5, 5.41) is 0. The van der Waals surface area contributed by atoms with E-state index in [-0.39, 0.29) is 23.4 Å². The van der Waals surface area contributed by atoms with Gasteiger partial charge in [0.2, 0.25) is 5.91 Å². The molecule has 0 radical (unpaired) electrons. The van der Waals surface area contributed by atoms with Crippen molar-refractivity contribution >= 4 is 5.91 Å². The summed E-state index contributed by atoms with van der Waals surface area (Å²) < 4.78 is 0. The monoisotopic (exact) mass is 339 g/mol. The third-order valence-electron chi connectivity index (χ3n) is 5.55. The first kappa shape index (κ1) is 16.0. The quantitative estimate of drug-likeness (QED) is 0.833. The highest BCUT2D eigenvalue weighted by molar-refractivity contribution is 5.78. The number of H-pyrrole nitrogens is 1. The zero-order valence-corrected chi connectivity index (χ0v) is 14.0. The first-order valence-corrected chi connectivity index (χ1v) is 8.65. The van der Waals surface area contributed by atoms with Crippen molar-refractivity contribution in [3.05, 3.63) is 46.1 Å². The van der Waals surface area contributed by atoms with Crippen LogP contribution in [0.1, 0.15) is 30.5 Å². The molecule has 0 atom stereocenters. The number of aromatic amines is 1. The lowest BCUT2D eigenvalue weighted by Crippen LogP contribution is -2.46. The molecule has 2 aliphatic rings. The molecule has 0 saturated carbocycles. The largest absolute Gasteiger partial charge is 0.342 e. The molecule has 1 spiro atoms. The first-order valence-electron chi connectivity index (χ1n) is 8.65. The van der Waals surface area contributed by atoms with Gasteiger partial charge < -0.3 is 15.6 Å². The summed E-state index contributed by atoms with van der Waals surface area (Å²) in [6.07, 6.45) is 6.72. The molecule has 1 fully saturated rings. The third-order valence-corrected chi connectivity index (χ3v) is 5.55. The maximum Gasteiger partial charge on any atom is 0.254 e. The normalized spacial score (nSPS) is 18.4. The smallest absolute Gasteiger partial charge is 0.254 e. The van der Waals surface area contributed by atoms with E-state index in [9.17, 15) is 9.59 Å². The van der Waals surface area contributed by atoms with Crippen LogP contribution >= 0.6 is 0 Å². The second-order valence-electron chi connectivity index (χ2n) is 6.85. The first-order chi connectivity index (χ1) is 12.1. The van der Waals surface area contributed by atoms with Gasteiger partial charge in [-0.15, -0.1) is 0 Å². The van der Waals surface area contributed by atoms with Crippen LogP contribution in [-0.2, 0) is 16.6 Å². The molecule has 0 unspecified atom stereocenters. The van der Waals surface area contributed by atoms with Gasteiger partial charge in [-0.1, -0.05) is 0 Å². The molecular weight excluding hydrogens is 318 g/mol. The fourth-order valence-electron chi connectivity index (χ4n) is 4.09. The number of hydrogen-bond acceptors (Lipinski definition) is 5. The zero-order valence-electron chi connectivity index (χ0n) is 14.0. The number of hydrogen-bond donors (Lipinski definition) is 2. The summed E-state index contributed by atoms with van der Waals surface area (Å²) in [5.41, 5.74) is 7.83. The Hall–Kier alpha value is -2.54. The summed E-state index contributed by atoms with van der Waals surface area (Å²) in [7, 11) is 0. The van der Waals surface area contributed by atoms with E-state index in [4.69, 9.17) is 10.7 Å². The van der Waals surface area contributed by atoms with Crippen molar-refractivity contribution in [3.63, 3.8) is 0 Å². The van der Waals surface area contributed by atoms with Crippen molar-refractivity contribution in [1.82, 2.24) is 19.9 Å². The number of rotatable bonds is 2. The van der Waals surface area contributed by atoms with Gasteiger partial charge in [0.15, 0.2) is 0 Å². The minimum Gasteiger partial charge on any atom is -0.342 e. The van der Waals surface area contributed by atoms with Gasteiger partial charge in [-0.05, 0) is 37.8 Å². The summed E-state index contributed by atoms with van der Waals surface area (Å²) in [6.45, 7) is 1.39. The Bertz CT molecular complexity index is 854. The predicted octanol–water partition coefficient (Wildman–Crippen LogP) is 0.597. The van der Waals surface area contributed by atoms with Gasteiger partial charge in [0, 0.05) is 42.0 Å². The molecule has 25 heavy (non-hydrogen) atoms. The van der Waals surface area contributed by atoms with Gasteiger partial charge in [-0.25, -0.2) is 4.98 Å². The van der Waals surface area contributed by atoms with E-state index < -0.39 is 0 Å². The van der Waals surface area contributed by atoms with Crippen LogP contribution in [0.25, 0.3) is 11.4 Å². The highest BCUT2D eigenvalue weighted by atomic mass is 16.2. The highest BCUT2D eigenvalue weighted by Gasteiger charge is 2.44. The van der Waals surface area contributed by atoms with Gasteiger partial charge in [0.25, 0.3) is 5.56 Å². The molecule has 1 aliphatic carbocycles. The van der Waals surface area contributed by atoms with Crippen LogP contribution in [0, 0.1) is 0 Å². The minimum absolute atomic E-state index is 0.0111. The topological polar surface area (TPSA) is 105 Å². The van der Waals surface area contributed by atoms with Crippen molar-refractivity contribution in [1.29, 1.82) is 0 Å². The van der Waals surface area contributed by atoms with Crippen LogP contribution in [0.4, 0.5) is 0 Å². The fraction of sp³-hybridized carbons (Fsp3) is 0.444. The van der Waals surface area contributed by atoms with Crippen molar-refractivity contribution in [2.45, 2.75) is 31.1 Å². The molecule has 1 amide bonds. The number of pyridine rings is 1. The zero-order chi connectivity index (χ0) is 17.4. The molecular formula is C18H21N5O2. The number of nitrogens with one attached hydrogen (secondary N) is 1. The summed E-state index contributed by atoms with van der Waals surface area (Å²) in [4.78, 5) is 38.0. The molecule has 3 heterocycles. The minimum atomic E-state index is -0.105. The number of carbonyl (C=O) groups is 1. The van der Waals surface area contributed by atoms with Gasteiger partial charge in [0.05, 0.1) is 12.2 Å². The van der Waals surface area contributed by atoms with Gasteiger partial charge in [-0.3, -0.25) is 14.6 Å². The van der Waals surface area contributed by atoms with Crippen LogP contribution in [-0.4, -0.2) is 45.4 Å². The molecule has 130 valence electrons. The SMILES string of the molecule is NCC(=O)N1CCC2(CCc3c2nc(-c2cccnc2)[nH]c3=O)CC1. The Labute approximate surface area is 145 Å². The number of nitrogens with two attached hydrogens (primary N) is 1. The maximum absolute atomic E-state index is 12.6. The van der Waals surface area contributed by atoms with E-state index in [0.29, 0.717) is 18.9 Å². The summed E-state index contributed by atoms with van der Waals surface area (Å²) >= 11 is 0. The number of piperidine rings is 1. The average molecular weight is 339 g/mol. The molecule has 1 aliphatic heterocycles. The van der Waals surface area contributed by atoms with E-state index >= 15 is 0 Å². The summed E-state index contributed by atoms with van der Waals surface area (Å²) in [5.74, 6) is 0.557. The molecule has 2 aromatic heterocycles. The summed E-state index contributed by atoms with van der Waals surface area (Å²) in [6, 6.07) is 3.72. The maximum atomic E-state index is 12.6. The molecule has 7 heteroatoms. The standard InChI is InChI=1S/C18H21N5O2/c19-10-14(24)23-8-5-18(6-9-23)4-3-13-15(18)21-16(22-17(13)25)12-2-1-7-20-11-12/h1-2,7,11H,3-6,8-10,19H2,(H,21,22,25). The number of fused-ring (bicyclic) bond motifs is 2. The van der Waals surface area contributed by atoms with E-state index in [1.54, 1.807) is 12.4 Å². The average Bonchev–Trinajstić information content (AvgIpc) is 3.01. The Kier molecular flexibility index (Phi) is 3.88. The van der Waals surface area contributed by atoms with E-state index in [1.165, 1.54) is 0 Å². The van der Waals surface area contributed by atoms with Crippen LogP contribution < -0.4 is 11.3 Å². The van der Waals surface area contributed by atoms with E-state index in [2.05, 4.69) is 9.97 Å². The number of likely N-dealkylation sites (tertiary alicyclic amines) is 1. The van der Waals surface area contributed by atoms with Crippen molar-refractivity contribution in [2.75, 3.05) is 19.6 Å². The van der Waals surface area contributed by atoms with Crippen LogP contribution in [0.3, 0.4) is 0 Å². The second-order valence-corrected chi connectivity index (χ2v) is 6.85. The molecule has 2 aromatic rings. The highest BCUT2D eigenvalue weighted by Crippen LogP contribution is 2.44. The number of aromatic nitrogens is 3. The lowest BCUT2D eigenvalue weighted by Gasteiger charge is -2.39. The number of carbonyl (C=O) groups excluding carboxylic acids is 1. The lowest BCUT2D eigenvalue weighted by molar-refractivity contribution is -0.131. The van der Waals surface area contributed by atoms with Gasteiger partial charge >= 0.3 is 0 Å². The Morgan fingerprint density at radius 3 is 2.80 bits per heavy atom. The Morgan fingerprint density at radius 2 is 2.12 bits per heavy atom. The lowest BCUT2D eigenvalue weighted by atomic mass is 9.76. The van der Waals surface area contributed by atoms with Gasteiger partial charge in [-0.2, -0.15) is 0 Å². The van der Waals surface area contributed by atoms with Crippen molar-refractivity contribution in [3.8, 4) is 11.4 Å². The third kappa shape index (κ3) is 2.64. The van der Waals surface area contributed by atoms with Crippen molar-refractivity contribution < 1.29 is 4.79 Å². The number of nitrogens with zero attached hydrogens (tertiary/aromatic N) is 3. The van der Waals surface area contributed by atoms with Crippen LogP contribution in [0.5, 0.6) is 0 Å². The fourth-order valence-corrected chi connectivity index (χ4v) is 4.09.